The van der Waals surface area contributed by atoms with Crippen molar-refractivity contribution in [3.8, 4) is 0 Å². The molecule has 0 saturated carbocycles. The first-order valence-electron chi connectivity index (χ1n) is 9.31. The Bertz CT molecular complexity index is 526. The monoisotopic (exact) mass is 346 g/mol. The quantitative estimate of drug-likeness (QED) is 0.732. The molecular formula is C18H30N6O. The second-order valence-electron chi connectivity index (χ2n) is 6.97. The van der Waals surface area contributed by atoms with Crippen LogP contribution in [-0.2, 0) is 4.79 Å². The number of hydrogen-bond donors (Lipinski definition) is 2. The van der Waals surface area contributed by atoms with Gasteiger partial charge in [0, 0.05) is 71.1 Å². The van der Waals surface area contributed by atoms with Crippen LogP contribution in [0.1, 0.15) is 6.92 Å². The standard InChI is InChI=1S/C18H30N6O/c1-16(21-18(25)15-22-8-6-19-7-9-22)14-23-10-12-24(13-11-23)17-4-2-3-5-20-17/h2-5,16,19H,6-15H2,1H3,(H,21,25). The zero-order valence-corrected chi connectivity index (χ0v) is 15.2. The molecule has 1 atom stereocenters. The molecule has 2 saturated heterocycles. The Morgan fingerprint density at radius 2 is 1.92 bits per heavy atom. The third-order valence-corrected chi connectivity index (χ3v) is 4.86. The van der Waals surface area contributed by atoms with Gasteiger partial charge >= 0.3 is 0 Å². The lowest BCUT2D eigenvalue weighted by atomic mass is 10.2. The van der Waals surface area contributed by atoms with Gasteiger partial charge in [-0.3, -0.25) is 14.6 Å². The molecule has 7 nitrogen and oxygen atoms in total. The summed E-state index contributed by atoms with van der Waals surface area (Å²) in [6.45, 7) is 11.4. The first-order chi connectivity index (χ1) is 12.2. The second kappa shape index (κ2) is 9.12. The summed E-state index contributed by atoms with van der Waals surface area (Å²) in [6.07, 6.45) is 1.84. The Morgan fingerprint density at radius 1 is 1.16 bits per heavy atom. The largest absolute Gasteiger partial charge is 0.354 e. The molecule has 7 heteroatoms. The van der Waals surface area contributed by atoms with E-state index in [1.54, 1.807) is 0 Å². The van der Waals surface area contributed by atoms with Crippen molar-refractivity contribution in [3.63, 3.8) is 0 Å². The lowest BCUT2D eigenvalue weighted by molar-refractivity contribution is -0.123. The molecule has 25 heavy (non-hydrogen) atoms. The van der Waals surface area contributed by atoms with Crippen molar-refractivity contribution in [2.75, 3.05) is 70.3 Å². The topological polar surface area (TPSA) is 63.7 Å². The summed E-state index contributed by atoms with van der Waals surface area (Å²) in [7, 11) is 0. The highest BCUT2D eigenvalue weighted by Gasteiger charge is 2.20. The Labute approximate surface area is 150 Å². The minimum Gasteiger partial charge on any atom is -0.354 e. The molecule has 1 aromatic heterocycles. The maximum Gasteiger partial charge on any atom is 0.234 e. The summed E-state index contributed by atoms with van der Waals surface area (Å²) < 4.78 is 0. The highest BCUT2D eigenvalue weighted by molar-refractivity contribution is 5.78. The van der Waals surface area contributed by atoms with E-state index in [-0.39, 0.29) is 11.9 Å². The molecule has 1 aromatic rings. The molecule has 3 rings (SSSR count). The van der Waals surface area contributed by atoms with Crippen LogP contribution in [0.2, 0.25) is 0 Å². The number of aromatic nitrogens is 1. The highest BCUT2D eigenvalue weighted by Crippen LogP contribution is 2.12. The number of pyridine rings is 1. The summed E-state index contributed by atoms with van der Waals surface area (Å²) in [6, 6.07) is 6.22. The van der Waals surface area contributed by atoms with Gasteiger partial charge in [-0.05, 0) is 19.1 Å². The van der Waals surface area contributed by atoms with E-state index in [4.69, 9.17) is 0 Å². The summed E-state index contributed by atoms with van der Waals surface area (Å²) in [4.78, 5) is 23.6. The molecule has 1 amide bonds. The number of hydrogen-bond acceptors (Lipinski definition) is 6. The molecule has 1 unspecified atom stereocenters. The van der Waals surface area contributed by atoms with Crippen LogP contribution in [0.5, 0.6) is 0 Å². The van der Waals surface area contributed by atoms with Crippen LogP contribution in [0, 0.1) is 0 Å². The van der Waals surface area contributed by atoms with E-state index in [2.05, 4.69) is 43.3 Å². The van der Waals surface area contributed by atoms with Crippen LogP contribution in [0.15, 0.2) is 24.4 Å². The van der Waals surface area contributed by atoms with E-state index in [1.807, 2.05) is 18.3 Å². The zero-order chi connectivity index (χ0) is 17.5. The van der Waals surface area contributed by atoms with Gasteiger partial charge < -0.3 is 15.5 Å². The third kappa shape index (κ3) is 5.66. The molecule has 2 fully saturated rings. The Hall–Kier alpha value is -1.70. The van der Waals surface area contributed by atoms with E-state index >= 15 is 0 Å². The number of amides is 1. The Kier molecular flexibility index (Phi) is 6.61. The molecule has 2 aliphatic rings. The van der Waals surface area contributed by atoms with Gasteiger partial charge in [0.15, 0.2) is 0 Å². The van der Waals surface area contributed by atoms with Crippen LogP contribution < -0.4 is 15.5 Å². The zero-order valence-electron chi connectivity index (χ0n) is 15.2. The van der Waals surface area contributed by atoms with Crippen molar-refractivity contribution in [1.29, 1.82) is 0 Å². The van der Waals surface area contributed by atoms with Gasteiger partial charge in [-0.25, -0.2) is 4.98 Å². The SMILES string of the molecule is CC(CN1CCN(c2ccccn2)CC1)NC(=O)CN1CCNCC1. The molecule has 0 bridgehead atoms. The average molecular weight is 346 g/mol. The Balaban J connectivity index is 1.36. The van der Waals surface area contributed by atoms with E-state index < -0.39 is 0 Å². The molecule has 0 spiro atoms. The second-order valence-corrected chi connectivity index (χ2v) is 6.97. The van der Waals surface area contributed by atoms with Crippen molar-refractivity contribution in [3.05, 3.63) is 24.4 Å². The number of nitrogens with zero attached hydrogens (tertiary/aromatic N) is 4. The van der Waals surface area contributed by atoms with Gasteiger partial charge in [0.1, 0.15) is 5.82 Å². The minimum absolute atomic E-state index is 0.140. The average Bonchev–Trinajstić information content (AvgIpc) is 2.63. The maximum atomic E-state index is 12.2. The summed E-state index contributed by atoms with van der Waals surface area (Å²) in [5.74, 6) is 1.20. The highest BCUT2D eigenvalue weighted by atomic mass is 16.2. The smallest absolute Gasteiger partial charge is 0.234 e. The first-order valence-corrected chi connectivity index (χ1v) is 9.31. The van der Waals surface area contributed by atoms with Gasteiger partial charge in [-0.15, -0.1) is 0 Å². The van der Waals surface area contributed by atoms with Crippen molar-refractivity contribution in [2.24, 2.45) is 0 Å². The van der Waals surface area contributed by atoms with Crippen molar-refractivity contribution in [2.45, 2.75) is 13.0 Å². The number of carbonyl (C=O) groups is 1. The van der Waals surface area contributed by atoms with Gasteiger partial charge in [0.05, 0.1) is 6.54 Å². The van der Waals surface area contributed by atoms with E-state index in [9.17, 15) is 4.79 Å². The number of anilines is 1. The summed E-state index contributed by atoms with van der Waals surface area (Å²) in [5, 5.41) is 6.46. The maximum absolute atomic E-state index is 12.2. The van der Waals surface area contributed by atoms with Crippen molar-refractivity contribution in [1.82, 2.24) is 25.4 Å². The normalized spacial score (nSPS) is 21.1. The van der Waals surface area contributed by atoms with Crippen LogP contribution in [0.4, 0.5) is 5.82 Å². The number of carbonyl (C=O) groups excluding carboxylic acids is 1. The lowest BCUT2D eigenvalue weighted by Crippen LogP contribution is -2.53. The number of rotatable bonds is 6. The van der Waals surface area contributed by atoms with E-state index in [0.717, 1.165) is 64.7 Å². The van der Waals surface area contributed by atoms with E-state index in [1.165, 1.54) is 0 Å². The van der Waals surface area contributed by atoms with Crippen LogP contribution in [0.3, 0.4) is 0 Å². The fraction of sp³-hybridized carbons (Fsp3) is 0.667. The predicted molar refractivity (Wildman–Crippen MR) is 99.8 cm³/mol. The molecule has 2 aliphatic heterocycles. The predicted octanol–water partition coefficient (Wildman–Crippen LogP) is -0.386. The fourth-order valence-corrected chi connectivity index (χ4v) is 3.53. The third-order valence-electron chi connectivity index (χ3n) is 4.86. The van der Waals surface area contributed by atoms with Crippen LogP contribution in [0.25, 0.3) is 0 Å². The van der Waals surface area contributed by atoms with Gasteiger partial charge in [-0.2, -0.15) is 0 Å². The lowest BCUT2D eigenvalue weighted by Gasteiger charge is -2.36. The fourth-order valence-electron chi connectivity index (χ4n) is 3.53. The van der Waals surface area contributed by atoms with Crippen LogP contribution >= 0.6 is 0 Å². The molecule has 0 aliphatic carbocycles. The van der Waals surface area contributed by atoms with Crippen LogP contribution in [-0.4, -0.2) is 92.2 Å². The molecule has 138 valence electrons. The molecule has 0 radical (unpaired) electrons. The molecule has 0 aromatic carbocycles. The molecule has 2 N–H and O–H groups in total. The number of piperazine rings is 2. The van der Waals surface area contributed by atoms with Crippen molar-refractivity contribution >= 4 is 11.7 Å². The van der Waals surface area contributed by atoms with E-state index in [0.29, 0.717) is 6.54 Å². The summed E-state index contributed by atoms with van der Waals surface area (Å²) >= 11 is 0. The number of nitrogens with one attached hydrogen (secondary N) is 2. The van der Waals surface area contributed by atoms with Crippen molar-refractivity contribution < 1.29 is 4.79 Å². The van der Waals surface area contributed by atoms with Gasteiger partial charge in [0.2, 0.25) is 5.91 Å². The molecular weight excluding hydrogens is 316 g/mol. The first kappa shape index (κ1) is 18.1. The summed E-state index contributed by atoms with van der Waals surface area (Å²) in [5.41, 5.74) is 0. The Morgan fingerprint density at radius 3 is 2.60 bits per heavy atom. The van der Waals surface area contributed by atoms with Gasteiger partial charge in [-0.1, -0.05) is 6.07 Å². The van der Waals surface area contributed by atoms with Gasteiger partial charge in [0.25, 0.3) is 0 Å². The molecule has 3 heterocycles. The minimum atomic E-state index is 0.140.